The van der Waals surface area contributed by atoms with Crippen molar-refractivity contribution in [1.29, 1.82) is 0 Å². The van der Waals surface area contributed by atoms with Gasteiger partial charge in [0.25, 0.3) is 0 Å². The minimum absolute atomic E-state index is 0.0386. The van der Waals surface area contributed by atoms with E-state index in [0.29, 0.717) is 0 Å². The van der Waals surface area contributed by atoms with Crippen molar-refractivity contribution in [3.63, 3.8) is 0 Å². The van der Waals surface area contributed by atoms with Crippen LogP contribution in [0.3, 0.4) is 0 Å². The molecule has 1 saturated carbocycles. The summed E-state index contributed by atoms with van der Waals surface area (Å²) in [5, 5.41) is 8.80. The summed E-state index contributed by atoms with van der Waals surface area (Å²) in [7, 11) is 0. The van der Waals surface area contributed by atoms with Gasteiger partial charge in [0.1, 0.15) is 0 Å². The van der Waals surface area contributed by atoms with Crippen molar-refractivity contribution in [1.82, 2.24) is 0 Å². The Bertz CT molecular complexity index is 194. The van der Waals surface area contributed by atoms with E-state index in [1.165, 1.54) is 0 Å². The molecule has 2 atom stereocenters. The molecule has 1 aliphatic heterocycles. The second kappa shape index (κ2) is 2.73. The van der Waals surface area contributed by atoms with Crippen molar-refractivity contribution in [3.05, 3.63) is 0 Å². The number of hydrogen-bond donors (Lipinski definition) is 1. The van der Waals surface area contributed by atoms with E-state index in [1.54, 1.807) is 0 Å². The third kappa shape index (κ3) is 1.22. The minimum Gasteiger partial charge on any atom is -0.481 e. The van der Waals surface area contributed by atoms with E-state index < -0.39 is 5.97 Å². The van der Waals surface area contributed by atoms with Crippen LogP contribution in [-0.2, 0) is 9.53 Å². The number of hydrogen-bond acceptors (Lipinski definition) is 2. The zero-order valence-corrected chi connectivity index (χ0v) is 7.08. The van der Waals surface area contributed by atoms with Gasteiger partial charge in [-0.15, -0.1) is 0 Å². The van der Waals surface area contributed by atoms with Gasteiger partial charge in [-0.05, 0) is 32.1 Å². The van der Waals surface area contributed by atoms with Crippen molar-refractivity contribution >= 4 is 5.97 Å². The van der Waals surface area contributed by atoms with Crippen LogP contribution in [0, 0.1) is 5.92 Å². The number of carbonyl (C=O) groups is 1. The Balaban J connectivity index is 2.01. The summed E-state index contributed by atoms with van der Waals surface area (Å²) in [6.07, 6.45) is 4.66. The molecule has 0 aromatic rings. The van der Waals surface area contributed by atoms with Crippen LogP contribution in [0.4, 0.5) is 0 Å². The molecule has 0 aromatic heterocycles. The first-order valence-corrected chi connectivity index (χ1v) is 4.59. The highest BCUT2D eigenvalue weighted by atomic mass is 16.5. The molecule has 2 unspecified atom stereocenters. The maximum Gasteiger partial charge on any atom is 0.306 e. The second-order valence-electron chi connectivity index (χ2n) is 3.91. The van der Waals surface area contributed by atoms with Gasteiger partial charge >= 0.3 is 5.97 Å². The Labute approximate surface area is 71.7 Å². The highest BCUT2D eigenvalue weighted by molar-refractivity contribution is 5.70. The summed E-state index contributed by atoms with van der Waals surface area (Å²) in [6, 6.07) is 0. The lowest BCUT2D eigenvalue weighted by Gasteiger charge is -2.21. The van der Waals surface area contributed by atoms with Crippen LogP contribution < -0.4 is 0 Å². The van der Waals surface area contributed by atoms with Gasteiger partial charge in [0.15, 0.2) is 0 Å². The number of carboxylic acid groups (broad SMARTS) is 1. The molecule has 1 saturated heterocycles. The fraction of sp³-hybridized carbons (Fsp3) is 0.889. The zero-order valence-electron chi connectivity index (χ0n) is 7.08. The van der Waals surface area contributed by atoms with Crippen molar-refractivity contribution < 1.29 is 14.6 Å². The Kier molecular flexibility index (Phi) is 1.83. The second-order valence-corrected chi connectivity index (χ2v) is 3.91. The predicted octanol–water partition coefficient (Wildman–Crippen LogP) is 1.42. The summed E-state index contributed by atoms with van der Waals surface area (Å²) in [6.45, 7) is 0.826. The van der Waals surface area contributed by atoms with E-state index in [2.05, 4.69) is 0 Å². The van der Waals surface area contributed by atoms with E-state index in [4.69, 9.17) is 9.84 Å². The summed E-state index contributed by atoms with van der Waals surface area (Å²) < 4.78 is 5.62. The molecule has 0 radical (unpaired) electrons. The maximum atomic E-state index is 10.7. The van der Waals surface area contributed by atoms with E-state index in [9.17, 15) is 4.79 Å². The molecule has 1 N–H and O–H groups in total. The largest absolute Gasteiger partial charge is 0.481 e. The van der Waals surface area contributed by atoms with Gasteiger partial charge in [0.2, 0.25) is 0 Å². The molecule has 0 bridgehead atoms. The molecule has 0 amide bonds. The molecule has 1 spiro atoms. The van der Waals surface area contributed by atoms with Gasteiger partial charge in [0.05, 0.1) is 11.5 Å². The normalized spacial score (nSPS) is 40.8. The Morgan fingerprint density at radius 1 is 1.50 bits per heavy atom. The minimum atomic E-state index is -0.651. The maximum absolute atomic E-state index is 10.7. The lowest BCUT2D eigenvalue weighted by Crippen LogP contribution is -2.24. The predicted molar refractivity (Wildman–Crippen MR) is 42.9 cm³/mol. The van der Waals surface area contributed by atoms with E-state index in [0.717, 1.165) is 38.7 Å². The van der Waals surface area contributed by atoms with Crippen molar-refractivity contribution in [3.8, 4) is 0 Å². The average molecular weight is 170 g/mol. The summed E-state index contributed by atoms with van der Waals surface area (Å²) in [5.41, 5.74) is -0.0386. The molecule has 2 fully saturated rings. The first kappa shape index (κ1) is 8.05. The molecule has 68 valence electrons. The zero-order chi connectivity index (χ0) is 8.60. The molecule has 0 aromatic carbocycles. The Hall–Kier alpha value is -0.570. The van der Waals surface area contributed by atoms with Gasteiger partial charge in [0, 0.05) is 6.61 Å². The first-order chi connectivity index (χ1) is 5.72. The number of ether oxygens (including phenoxy) is 1. The lowest BCUT2D eigenvalue weighted by molar-refractivity contribution is -0.142. The third-order valence-electron chi connectivity index (χ3n) is 3.10. The molecule has 2 aliphatic rings. The van der Waals surface area contributed by atoms with Gasteiger partial charge in [-0.1, -0.05) is 0 Å². The van der Waals surface area contributed by atoms with E-state index in [-0.39, 0.29) is 11.5 Å². The smallest absolute Gasteiger partial charge is 0.306 e. The number of carboxylic acids is 1. The van der Waals surface area contributed by atoms with Gasteiger partial charge in [-0.2, -0.15) is 0 Å². The van der Waals surface area contributed by atoms with Crippen molar-refractivity contribution in [2.75, 3.05) is 6.61 Å². The van der Waals surface area contributed by atoms with Gasteiger partial charge in [-0.3, -0.25) is 4.79 Å². The molecule has 1 heterocycles. The average Bonchev–Trinajstić information content (AvgIpc) is 2.62. The van der Waals surface area contributed by atoms with Gasteiger partial charge < -0.3 is 9.84 Å². The highest BCUT2D eigenvalue weighted by Gasteiger charge is 2.44. The van der Waals surface area contributed by atoms with Crippen LogP contribution in [0.1, 0.15) is 32.1 Å². The highest BCUT2D eigenvalue weighted by Crippen LogP contribution is 2.43. The monoisotopic (exact) mass is 170 g/mol. The SMILES string of the molecule is O=C(O)C1CCC2(CCCO2)C1. The fourth-order valence-corrected chi connectivity index (χ4v) is 2.41. The molecule has 2 rings (SSSR count). The van der Waals surface area contributed by atoms with Crippen molar-refractivity contribution in [2.45, 2.75) is 37.7 Å². The molecular formula is C9H14O3. The molecule has 12 heavy (non-hydrogen) atoms. The van der Waals surface area contributed by atoms with Crippen molar-refractivity contribution in [2.24, 2.45) is 5.92 Å². The standard InChI is InChI=1S/C9H14O3/c10-8(11)7-2-4-9(6-7)3-1-5-12-9/h7H,1-6H2,(H,10,11). The summed E-state index contributed by atoms with van der Waals surface area (Å²) in [5.74, 6) is -0.800. The number of rotatable bonds is 1. The van der Waals surface area contributed by atoms with Crippen LogP contribution in [0.5, 0.6) is 0 Å². The van der Waals surface area contributed by atoms with Crippen LogP contribution in [0.15, 0.2) is 0 Å². The van der Waals surface area contributed by atoms with Gasteiger partial charge in [-0.25, -0.2) is 0 Å². The van der Waals surface area contributed by atoms with E-state index >= 15 is 0 Å². The van der Waals surface area contributed by atoms with E-state index in [1.807, 2.05) is 0 Å². The molecule has 3 nitrogen and oxygen atoms in total. The Morgan fingerprint density at radius 2 is 2.33 bits per heavy atom. The molecule has 3 heteroatoms. The summed E-state index contributed by atoms with van der Waals surface area (Å²) >= 11 is 0. The topological polar surface area (TPSA) is 46.5 Å². The van der Waals surface area contributed by atoms with Crippen LogP contribution in [0.25, 0.3) is 0 Å². The lowest BCUT2D eigenvalue weighted by atomic mass is 9.97. The number of aliphatic carboxylic acids is 1. The Morgan fingerprint density at radius 3 is 2.83 bits per heavy atom. The fourth-order valence-electron chi connectivity index (χ4n) is 2.41. The van der Waals surface area contributed by atoms with Crippen LogP contribution >= 0.6 is 0 Å². The quantitative estimate of drug-likeness (QED) is 0.647. The molecule has 1 aliphatic carbocycles. The van der Waals surface area contributed by atoms with Crippen LogP contribution in [0.2, 0.25) is 0 Å². The van der Waals surface area contributed by atoms with Crippen LogP contribution in [-0.4, -0.2) is 23.3 Å². The summed E-state index contributed by atoms with van der Waals surface area (Å²) in [4.78, 5) is 10.7. The first-order valence-electron chi connectivity index (χ1n) is 4.59. The third-order valence-corrected chi connectivity index (χ3v) is 3.10. The molecular weight excluding hydrogens is 156 g/mol.